The molecule has 4 rings (SSSR count). The van der Waals surface area contributed by atoms with Gasteiger partial charge in [-0.15, -0.1) is 0 Å². The zero-order valence-corrected chi connectivity index (χ0v) is 17.4. The molecule has 3 aliphatic rings. The molecule has 1 aromatic rings. The lowest BCUT2D eigenvalue weighted by Gasteiger charge is -2.38. The van der Waals surface area contributed by atoms with Gasteiger partial charge in [0.1, 0.15) is 5.82 Å². The molecular formula is C21H28ClFN4O2. The van der Waals surface area contributed by atoms with Crippen LogP contribution in [0.4, 0.5) is 4.39 Å². The summed E-state index contributed by atoms with van der Waals surface area (Å²) in [7, 11) is 0. The number of halogens is 2. The van der Waals surface area contributed by atoms with Crippen molar-refractivity contribution >= 4 is 23.4 Å². The van der Waals surface area contributed by atoms with E-state index < -0.39 is 0 Å². The Morgan fingerprint density at radius 2 is 1.55 bits per heavy atom. The van der Waals surface area contributed by atoms with Gasteiger partial charge in [0.2, 0.25) is 11.8 Å². The van der Waals surface area contributed by atoms with E-state index in [9.17, 15) is 14.0 Å². The first-order valence-corrected chi connectivity index (χ1v) is 10.8. The lowest BCUT2D eigenvalue weighted by atomic mass is 10.2. The summed E-state index contributed by atoms with van der Waals surface area (Å²) in [5.74, 6) is 0.353. The van der Waals surface area contributed by atoms with Crippen LogP contribution in [-0.4, -0.2) is 90.3 Å². The molecule has 1 aliphatic carbocycles. The first kappa shape index (κ1) is 20.6. The Labute approximate surface area is 176 Å². The number of carbonyl (C=O) groups is 2. The van der Waals surface area contributed by atoms with Gasteiger partial charge in [-0.05, 0) is 30.5 Å². The van der Waals surface area contributed by atoms with Gasteiger partial charge < -0.3 is 9.80 Å². The number of amides is 2. The summed E-state index contributed by atoms with van der Waals surface area (Å²) in [5, 5.41) is 0.460. The first-order chi connectivity index (χ1) is 14.0. The predicted octanol–water partition coefficient (Wildman–Crippen LogP) is 1.68. The van der Waals surface area contributed by atoms with Crippen molar-refractivity contribution in [3.63, 3.8) is 0 Å². The highest BCUT2D eigenvalue weighted by molar-refractivity contribution is 6.31. The Morgan fingerprint density at radius 1 is 0.931 bits per heavy atom. The molecule has 0 N–H and O–H groups in total. The molecule has 29 heavy (non-hydrogen) atoms. The van der Waals surface area contributed by atoms with Crippen LogP contribution in [0, 0.1) is 11.7 Å². The fourth-order valence-electron chi connectivity index (χ4n) is 4.05. The fraction of sp³-hybridized carbons (Fsp3) is 0.619. The predicted molar refractivity (Wildman–Crippen MR) is 109 cm³/mol. The highest BCUT2D eigenvalue weighted by atomic mass is 35.5. The highest BCUT2D eigenvalue weighted by Gasteiger charge is 2.35. The molecule has 3 fully saturated rings. The Balaban J connectivity index is 1.18. The van der Waals surface area contributed by atoms with Crippen molar-refractivity contribution in [2.45, 2.75) is 19.4 Å². The fourth-order valence-corrected chi connectivity index (χ4v) is 4.28. The zero-order chi connectivity index (χ0) is 20.4. The maximum Gasteiger partial charge on any atom is 0.236 e. The number of nitrogens with zero attached hydrogens (tertiary/aromatic N) is 4. The van der Waals surface area contributed by atoms with Crippen LogP contribution in [0.25, 0.3) is 0 Å². The Hall–Kier alpha value is -1.70. The molecule has 6 nitrogen and oxygen atoms in total. The Bertz CT molecular complexity index is 757. The summed E-state index contributed by atoms with van der Waals surface area (Å²) in [6.45, 7) is 7.07. The van der Waals surface area contributed by atoms with E-state index >= 15 is 0 Å². The van der Waals surface area contributed by atoms with Gasteiger partial charge in [0.15, 0.2) is 0 Å². The number of piperazine rings is 2. The van der Waals surface area contributed by atoms with Gasteiger partial charge in [-0.1, -0.05) is 17.7 Å². The maximum atomic E-state index is 13.2. The van der Waals surface area contributed by atoms with Crippen molar-refractivity contribution in [2.75, 3.05) is 58.9 Å². The number of benzene rings is 1. The summed E-state index contributed by atoms with van der Waals surface area (Å²) in [6, 6.07) is 4.53. The van der Waals surface area contributed by atoms with E-state index in [0.717, 1.165) is 44.6 Å². The van der Waals surface area contributed by atoms with Crippen LogP contribution >= 0.6 is 11.6 Å². The molecule has 0 bridgehead atoms. The van der Waals surface area contributed by atoms with Crippen LogP contribution in [0.5, 0.6) is 0 Å². The van der Waals surface area contributed by atoms with E-state index in [1.165, 1.54) is 12.1 Å². The largest absolute Gasteiger partial charge is 0.339 e. The van der Waals surface area contributed by atoms with E-state index in [-0.39, 0.29) is 23.5 Å². The number of rotatable bonds is 5. The third-order valence-corrected chi connectivity index (χ3v) is 6.46. The van der Waals surface area contributed by atoms with Gasteiger partial charge in [-0.2, -0.15) is 0 Å². The van der Waals surface area contributed by atoms with Crippen LogP contribution in [0.3, 0.4) is 0 Å². The van der Waals surface area contributed by atoms with E-state index in [1.54, 1.807) is 6.07 Å². The molecule has 0 spiro atoms. The summed E-state index contributed by atoms with van der Waals surface area (Å²) in [4.78, 5) is 33.1. The molecule has 2 heterocycles. The van der Waals surface area contributed by atoms with Gasteiger partial charge >= 0.3 is 0 Å². The molecule has 0 radical (unpaired) electrons. The first-order valence-electron chi connectivity index (χ1n) is 10.4. The minimum Gasteiger partial charge on any atom is -0.339 e. The summed E-state index contributed by atoms with van der Waals surface area (Å²) in [5.41, 5.74) is 0.927. The van der Waals surface area contributed by atoms with Crippen molar-refractivity contribution in [3.05, 3.63) is 34.6 Å². The minimum absolute atomic E-state index is 0.151. The summed E-state index contributed by atoms with van der Waals surface area (Å²) >= 11 is 6.13. The SMILES string of the molecule is O=C(CN1CCN(Cc2ccc(F)cc2Cl)CC1)N1CCN(C(=O)C2CC2)CC1. The molecule has 2 aliphatic heterocycles. The van der Waals surface area contributed by atoms with Crippen molar-refractivity contribution in [1.29, 1.82) is 0 Å². The minimum atomic E-state index is -0.320. The quantitative estimate of drug-likeness (QED) is 0.724. The van der Waals surface area contributed by atoms with Crippen molar-refractivity contribution in [2.24, 2.45) is 5.92 Å². The van der Waals surface area contributed by atoms with Crippen molar-refractivity contribution in [1.82, 2.24) is 19.6 Å². The Kier molecular flexibility index (Phi) is 6.37. The second kappa shape index (κ2) is 8.98. The van der Waals surface area contributed by atoms with Crippen LogP contribution in [-0.2, 0) is 16.1 Å². The van der Waals surface area contributed by atoms with Crippen LogP contribution < -0.4 is 0 Å². The highest BCUT2D eigenvalue weighted by Crippen LogP contribution is 2.31. The molecule has 8 heteroatoms. The second-order valence-electron chi connectivity index (χ2n) is 8.27. The van der Waals surface area contributed by atoms with E-state index in [1.807, 2.05) is 9.80 Å². The number of hydrogen-bond acceptors (Lipinski definition) is 4. The van der Waals surface area contributed by atoms with E-state index in [2.05, 4.69) is 9.80 Å². The molecular weight excluding hydrogens is 395 g/mol. The van der Waals surface area contributed by atoms with Gasteiger partial charge in [0.05, 0.1) is 6.54 Å². The third kappa shape index (κ3) is 5.27. The lowest BCUT2D eigenvalue weighted by molar-refractivity contribution is -0.141. The molecule has 2 saturated heterocycles. The second-order valence-corrected chi connectivity index (χ2v) is 8.68. The topological polar surface area (TPSA) is 47.1 Å². The summed E-state index contributed by atoms with van der Waals surface area (Å²) < 4.78 is 13.2. The normalized spacial score (nSPS) is 21.4. The van der Waals surface area contributed by atoms with Crippen LogP contribution in [0.1, 0.15) is 18.4 Å². The van der Waals surface area contributed by atoms with Crippen molar-refractivity contribution in [3.8, 4) is 0 Å². The third-order valence-electron chi connectivity index (χ3n) is 6.10. The monoisotopic (exact) mass is 422 g/mol. The Morgan fingerprint density at radius 3 is 2.17 bits per heavy atom. The maximum absolute atomic E-state index is 13.2. The van der Waals surface area contributed by atoms with Gasteiger partial charge in [-0.25, -0.2) is 4.39 Å². The van der Waals surface area contributed by atoms with Gasteiger partial charge in [-0.3, -0.25) is 19.4 Å². The molecule has 0 aromatic heterocycles. The van der Waals surface area contributed by atoms with E-state index in [4.69, 9.17) is 11.6 Å². The standard InChI is InChI=1S/C21H28ClFN4O2/c22-19-13-18(23)4-3-17(19)14-24-5-7-25(8-6-24)15-20(28)26-9-11-27(12-10-26)21(29)16-1-2-16/h3-4,13,16H,1-2,5-12,14-15H2. The molecule has 0 atom stereocenters. The number of carbonyl (C=O) groups excluding carboxylic acids is 2. The average Bonchev–Trinajstić information content (AvgIpc) is 3.56. The van der Waals surface area contributed by atoms with Crippen LogP contribution in [0.15, 0.2) is 18.2 Å². The molecule has 1 saturated carbocycles. The van der Waals surface area contributed by atoms with Gasteiger partial charge in [0.25, 0.3) is 0 Å². The molecule has 158 valence electrons. The number of hydrogen-bond donors (Lipinski definition) is 0. The molecule has 0 unspecified atom stereocenters. The van der Waals surface area contributed by atoms with Crippen molar-refractivity contribution < 1.29 is 14.0 Å². The molecule has 1 aromatic carbocycles. The summed E-state index contributed by atoms with van der Waals surface area (Å²) in [6.07, 6.45) is 2.05. The lowest BCUT2D eigenvalue weighted by Crippen LogP contribution is -2.54. The zero-order valence-electron chi connectivity index (χ0n) is 16.7. The average molecular weight is 423 g/mol. The molecule has 2 amide bonds. The van der Waals surface area contributed by atoms with Crippen LogP contribution in [0.2, 0.25) is 5.02 Å². The smallest absolute Gasteiger partial charge is 0.236 e. The van der Waals surface area contributed by atoms with E-state index in [0.29, 0.717) is 44.3 Å². The van der Waals surface area contributed by atoms with Gasteiger partial charge in [0, 0.05) is 69.8 Å².